The van der Waals surface area contributed by atoms with Crippen molar-refractivity contribution in [3.8, 4) is 44.8 Å². The zero-order valence-corrected chi connectivity index (χ0v) is 30.9. The van der Waals surface area contributed by atoms with Gasteiger partial charge in [-0.15, -0.1) is 10.9 Å². The summed E-state index contributed by atoms with van der Waals surface area (Å²) < 4.78 is 4.25. The Morgan fingerprint density at radius 3 is 1.51 bits per heavy atom. The number of nitrogens with zero attached hydrogens (tertiary/aromatic N) is 2. The molecular formula is C48H25B7N2. The number of benzene rings is 8. The Morgan fingerprint density at radius 2 is 0.842 bits per heavy atom. The van der Waals surface area contributed by atoms with Gasteiger partial charge in [0.1, 0.15) is 54.9 Å². The molecule has 0 N–H and O–H groups in total. The Kier molecular flexibility index (Phi) is 8.34. The number of hydrogen-bond acceptors (Lipinski definition) is 0. The summed E-state index contributed by atoms with van der Waals surface area (Å²) in [6.45, 7) is 0. The lowest BCUT2D eigenvalue weighted by molar-refractivity contribution is 1.18. The van der Waals surface area contributed by atoms with Crippen LogP contribution >= 0.6 is 0 Å². The lowest BCUT2D eigenvalue weighted by atomic mass is 9.64. The van der Waals surface area contributed by atoms with Gasteiger partial charge in [-0.1, -0.05) is 143 Å². The molecule has 0 unspecified atom stereocenters. The van der Waals surface area contributed by atoms with Crippen molar-refractivity contribution in [2.24, 2.45) is 0 Å². The molecule has 2 aromatic heterocycles. The van der Waals surface area contributed by atoms with Gasteiger partial charge in [-0.2, -0.15) is 0 Å². The number of rotatable bonds is 5. The lowest BCUT2D eigenvalue weighted by Crippen LogP contribution is -2.48. The third-order valence-electron chi connectivity index (χ3n) is 11.3. The van der Waals surface area contributed by atoms with Crippen LogP contribution in [-0.4, -0.2) is 64.1 Å². The summed E-state index contributed by atoms with van der Waals surface area (Å²) >= 11 is 0. The third kappa shape index (κ3) is 5.28. The van der Waals surface area contributed by atoms with E-state index >= 15 is 0 Å². The lowest BCUT2D eigenvalue weighted by Gasteiger charge is -2.19. The van der Waals surface area contributed by atoms with Crippen LogP contribution in [0, 0.1) is 0 Å². The van der Waals surface area contributed by atoms with Crippen molar-refractivity contribution in [1.82, 2.24) is 9.13 Å². The Balaban J connectivity index is 1.27. The summed E-state index contributed by atoms with van der Waals surface area (Å²) in [6, 6.07) is 51.8. The molecule has 0 atom stereocenters. The second-order valence-electron chi connectivity index (χ2n) is 14.4. The molecule has 0 amide bonds. The van der Waals surface area contributed by atoms with E-state index in [0.717, 1.165) is 61.0 Å². The van der Waals surface area contributed by atoms with E-state index in [0.29, 0.717) is 43.8 Å². The van der Waals surface area contributed by atoms with Crippen molar-refractivity contribution in [3.05, 3.63) is 152 Å². The zero-order valence-electron chi connectivity index (χ0n) is 30.9. The first-order chi connectivity index (χ1) is 27.7. The maximum Gasteiger partial charge on any atom is 0.115 e. The molecule has 57 heavy (non-hydrogen) atoms. The van der Waals surface area contributed by atoms with Gasteiger partial charge in [0, 0.05) is 44.1 Å². The van der Waals surface area contributed by atoms with Crippen LogP contribution in [0.25, 0.3) is 88.4 Å². The van der Waals surface area contributed by atoms with Crippen LogP contribution in [-0.2, 0) is 0 Å². The largest absolute Gasteiger partial charge is 0.311 e. The van der Waals surface area contributed by atoms with Crippen LogP contribution in [0.15, 0.2) is 152 Å². The van der Waals surface area contributed by atoms with Gasteiger partial charge in [0.25, 0.3) is 0 Å². The van der Waals surface area contributed by atoms with Gasteiger partial charge in [0.05, 0.1) is 11.0 Å². The zero-order chi connectivity index (χ0) is 39.1. The smallest absolute Gasteiger partial charge is 0.115 e. The summed E-state index contributed by atoms with van der Waals surface area (Å²) in [5.74, 6) is 0. The standard InChI is InChI=1S/C48H25B7N2/c49-39-36(29-21-24-35-34(25-29)33-18-10-17-32(28-13-6-2-7-14-28)46(33)56(35)30-15-8-3-9-16-30)40(50)44(54)47-37(39)38-41(51)42(52)43(53)45(55)48(38)57(47)31-22-19-27(20-23-31)26-11-4-1-5-12-26/h1-25H. The van der Waals surface area contributed by atoms with E-state index in [1.54, 1.807) is 0 Å². The van der Waals surface area contributed by atoms with Gasteiger partial charge in [0.2, 0.25) is 0 Å². The molecule has 10 aromatic rings. The number of para-hydroxylation sites is 2. The van der Waals surface area contributed by atoms with Crippen LogP contribution in [0.2, 0.25) is 0 Å². The average molecular weight is 705 g/mol. The predicted octanol–water partition coefficient (Wildman–Crippen LogP) is 4.44. The maximum absolute atomic E-state index is 7.32. The van der Waals surface area contributed by atoms with Crippen molar-refractivity contribution >= 4 is 137 Å². The molecule has 0 spiro atoms. The molecule has 0 bridgehead atoms. The fourth-order valence-corrected chi connectivity index (χ4v) is 8.61. The van der Waals surface area contributed by atoms with Gasteiger partial charge in [0.15, 0.2) is 0 Å². The molecule has 0 saturated carbocycles. The fourth-order valence-electron chi connectivity index (χ4n) is 8.61. The molecule has 0 aliphatic heterocycles. The van der Waals surface area contributed by atoms with Crippen molar-refractivity contribution in [2.45, 2.75) is 0 Å². The molecule has 9 heteroatoms. The summed E-state index contributed by atoms with van der Waals surface area (Å²) in [5.41, 5.74) is 12.8. The van der Waals surface area contributed by atoms with Crippen molar-refractivity contribution in [2.75, 3.05) is 0 Å². The van der Waals surface area contributed by atoms with Gasteiger partial charge in [-0.3, -0.25) is 0 Å². The predicted molar refractivity (Wildman–Crippen MR) is 249 cm³/mol. The van der Waals surface area contributed by atoms with E-state index in [2.05, 4.69) is 95.6 Å². The van der Waals surface area contributed by atoms with E-state index < -0.39 is 0 Å². The Labute approximate surface area is 340 Å². The summed E-state index contributed by atoms with van der Waals surface area (Å²) in [4.78, 5) is 0. The van der Waals surface area contributed by atoms with Crippen molar-refractivity contribution < 1.29 is 0 Å². The third-order valence-corrected chi connectivity index (χ3v) is 11.3. The molecule has 2 nitrogen and oxygen atoms in total. The SMILES string of the molecule is [B]c1c([B])c([B])c2c(c1[B])c1c([B])c(-c3ccc4c(c3)c3cccc(-c5ccccc5)c3n4-c3ccccc3)c([B])c([B])c1n2-c1ccc(-c2ccccc2)cc1. The van der Waals surface area contributed by atoms with E-state index in [4.69, 9.17) is 54.9 Å². The van der Waals surface area contributed by atoms with E-state index in [9.17, 15) is 0 Å². The molecule has 0 fully saturated rings. The quantitative estimate of drug-likeness (QED) is 0.235. The number of aromatic nitrogens is 2. The van der Waals surface area contributed by atoms with E-state index in [1.807, 2.05) is 65.2 Å². The second-order valence-corrected chi connectivity index (χ2v) is 14.4. The normalized spacial score (nSPS) is 11.6. The Bertz CT molecular complexity index is 3230. The van der Waals surface area contributed by atoms with Gasteiger partial charge >= 0.3 is 0 Å². The van der Waals surface area contributed by atoms with E-state index in [1.165, 1.54) is 0 Å². The molecule has 8 aromatic carbocycles. The topological polar surface area (TPSA) is 9.86 Å². The minimum atomic E-state index is 0.180. The molecule has 0 aliphatic rings. The van der Waals surface area contributed by atoms with Crippen LogP contribution in [0.4, 0.5) is 0 Å². The van der Waals surface area contributed by atoms with Crippen LogP contribution in [0.3, 0.4) is 0 Å². The van der Waals surface area contributed by atoms with Gasteiger partial charge in [-0.25, -0.2) is 0 Å². The highest BCUT2D eigenvalue weighted by Gasteiger charge is 2.25. The van der Waals surface area contributed by atoms with Crippen molar-refractivity contribution in [3.63, 3.8) is 0 Å². The molecule has 248 valence electrons. The minimum absolute atomic E-state index is 0.180. The molecule has 10 rings (SSSR count). The van der Waals surface area contributed by atoms with Gasteiger partial charge < -0.3 is 9.13 Å². The number of hydrogen-bond donors (Lipinski definition) is 0. The second kappa shape index (κ2) is 13.5. The summed E-state index contributed by atoms with van der Waals surface area (Å²) in [7, 11) is 48.3. The summed E-state index contributed by atoms with van der Waals surface area (Å²) in [5, 5.41) is 3.26. The van der Waals surface area contributed by atoms with Crippen LogP contribution < -0.4 is 38.2 Å². The molecular weight excluding hydrogens is 680 g/mol. The van der Waals surface area contributed by atoms with E-state index in [-0.39, 0.29) is 21.9 Å². The first-order valence-electron chi connectivity index (χ1n) is 18.6. The highest BCUT2D eigenvalue weighted by molar-refractivity contribution is 6.69. The van der Waals surface area contributed by atoms with Crippen molar-refractivity contribution in [1.29, 1.82) is 0 Å². The highest BCUT2D eigenvalue weighted by Crippen LogP contribution is 2.40. The molecule has 0 saturated heterocycles. The van der Waals surface area contributed by atoms with Gasteiger partial charge in [-0.05, 0) is 69.6 Å². The number of fused-ring (bicyclic) bond motifs is 6. The Morgan fingerprint density at radius 1 is 0.316 bits per heavy atom. The molecule has 14 radical (unpaired) electrons. The molecule has 0 aliphatic carbocycles. The first-order valence-corrected chi connectivity index (χ1v) is 18.6. The van der Waals surface area contributed by atoms with Crippen LogP contribution in [0.5, 0.6) is 0 Å². The summed E-state index contributed by atoms with van der Waals surface area (Å²) in [6.07, 6.45) is 0. The Hall–Kier alpha value is -6.19. The maximum atomic E-state index is 7.32. The molecule has 2 heterocycles. The van der Waals surface area contributed by atoms with Crippen LogP contribution in [0.1, 0.15) is 0 Å². The monoisotopic (exact) mass is 706 g/mol. The minimum Gasteiger partial charge on any atom is -0.311 e. The average Bonchev–Trinajstić information content (AvgIpc) is 3.79. The first kappa shape index (κ1) is 35.2. The fraction of sp³-hybridized carbons (Fsp3) is 0. The highest BCUT2D eigenvalue weighted by atomic mass is 15.0.